The van der Waals surface area contributed by atoms with Crippen LogP contribution in [-0.2, 0) is 0 Å². The van der Waals surface area contributed by atoms with Crippen molar-refractivity contribution in [3.8, 4) is 22.6 Å². The van der Waals surface area contributed by atoms with E-state index in [9.17, 15) is 9.18 Å². The second-order valence-electron chi connectivity index (χ2n) is 7.49. The molecule has 0 unspecified atom stereocenters. The van der Waals surface area contributed by atoms with E-state index in [-0.39, 0.29) is 29.6 Å². The quantitative estimate of drug-likeness (QED) is 0.401. The lowest BCUT2D eigenvalue weighted by molar-refractivity contribution is 0.0994. The fourth-order valence-electron chi connectivity index (χ4n) is 3.51. The number of anilines is 1. The number of rotatable bonds is 4. The standard InChI is InChI=1S/C23H18FN7O2.ClH/c1-12-5-4-8-25-19(12)15-10-26-23-29-21(30-31(23)11-15)17-9-16(6-7-18(17)24)28-22(32)20-13(2)27-14(3)33-20;/h4-11H,1-3H3,(H,28,32);1H. The van der Waals surface area contributed by atoms with E-state index in [1.165, 1.54) is 22.7 Å². The van der Waals surface area contributed by atoms with Gasteiger partial charge in [0.1, 0.15) is 5.82 Å². The average molecular weight is 480 g/mol. The van der Waals surface area contributed by atoms with E-state index in [4.69, 9.17) is 4.42 Å². The van der Waals surface area contributed by atoms with Crippen molar-refractivity contribution in [2.24, 2.45) is 0 Å². The Labute approximate surface area is 199 Å². The van der Waals surface area contributed by atoms with Crippen molar-refractivity contribution in [1.82, 2.24) is 29.5 Å². The maximum atomic E-state index is 14.6. The first-order valence-electron chi connectivity index (χ1n) is 10.1. The molecule has 1 N–H and O–H groups in total. The summed E-state index contributed by atoms with van der Waals surface area (Å²) >= 11 is 0. The predicted molar refractivity (Wildman–Crippen MR) is 125 cm³/mol. The zero-order valence-corrected chi connectivity index (χ0v) is 19.2. The summed E-state index contributed by atoms with van der Waals surface area (Å²) in [6.07, 6.45) is 5.10. The van der Waals surface area contributed by atoms with Crippen molar-refractivity contribution in [2.45, 2.75) is 20.8 Å². The highest BCUT2D eigenvalue weighted by Gasteiger charge is 2.18. The zero-order valence-electron chi connectivity index (χ0n) is 18.4. The van der Waals surface area contributed by atoms with Crippen LogP contribution in [-0.4, -0.2) is 35.5 Å². The Balaban J connectivity index is 0.00000274. The van der Waals surface area contributed by atoms with Gasteiger partial charge in [-0.1, -0.05) is 6.07 Å². The number of benzene rings is 1. The van der Waals surface area contributed by atoms with Crippen LogP contribution in [0.5, 0.6) is 0 Å². The summed E-state index contributed by atoms with van der Waals surface area (Å²) in [4.78, 5) is 29.7. The Hall–Kier alpha value is -4.18. The summed E-state index contributed by atoms with van der Waals surface area (Å²) in [5, 5.41) is 7.08. The third-order valence-corrected chi connectivity index (χ3v) is 5.05. The van der Waals surface area contributed by atoms with Gasteiger partial charge in [0.15, 0.2) is 11.7 Å². The Morgan fingerprint density at radius 1 is 1.12 bits per heavy atom. The lowest BCUT2D eigenvalue weighted by atomic mass is 10.1. The Morgan fingerprint density at radius 2 is 1.94 bits per heavy atom. The number of carbonyl (C=O) groups is 1. The minimum atomic E-state index is -0.531. The Kier molecular flexibility index (Phi) is 6.08. The van der Waals surface area contributed by atoms with Crippen molar-refractivity contribution in [3.05, 3.63) is 77.6 Å². The first kappa shape index (κ1) is 23.0. The van der Waals surface area contributed by atoms with Crippen LogP contribution in [0.4, 0.5) is 10.1 Å². The van der Waals surface area contributed by atoms with Crippen LogP contribution in [0, 0.1) is 26.6 Å². The van der Waals surface area contributed by atoms with Gasteiger partial charge in [-0.2, -0.15) is 4.98 Å². The fraction of sp³-hybridized carbons (Fsp3) is 0.130. The lowest BCUT2D eigenvalue weighted by Crippen LogP contribution is -2.12. The lowest BCUT2D eigenvalue weighted by Gasteiger charge is -2.06. The number of pyridine rings is 1. The van der Waals surface area contributed by atoms with Gasteiger partial charge < -0.3 is 9.73 Å². The molecule has 0 saturated carbocycles. The second-order valence-corrected chi connectivity index (χ2v) is 7.49. The number of hydrogen-bond donors (Lipinski definition) is 1. The monoisotopic (exact) mass is 479 g/mol. The maximum Gasteiger partial charge on any atom is 0.293 e. The number of halogens is 2. The molecule has 172 valence electrons. The molecular weight excluding hydrogens is 461 g/mol. The second kappa shape index (κ2) is 8.99. The van der Waals surface area contributed by atoms with Crippen molar-refractivity contribution >= 4 is 29.8 Å². The topological polar surface area (TPSA) is 111 Å². The first-order valence-corrected chi connectivity index (χ1v) is 10.1. The maximum absolute atomic E-state index is 14.6. The molecule has 5 rings (SSSR count). The van der Waals surface area contributed by atoms with Crippen LogP contribution in [0.2, 0.25) is 0 Å². The first-order chi connectivity index (χ1) is 15.9. The number of aryl methyl sites for hydroxylation is 3. The van der Waals surface area contributed by atoms with Gasteiger partial charge >= 0.3 is 0 Å². The van der Waals surface area contributed by atoms with E-state index in [0.29, 0.717) is 23.0 Å². The van der Waals surface area contributed by atoms with Crippen molar-refractivity contribution in [1.29, 1.82) is 0 Å². The molecule has 0 aliphatic rings. The molecule has 11 heteroatoms. The van der Waals surface area contributed by atoms with Gasteiger partial charge in [-0.15, -0.1) is 17.5 Å². The minimum absolute atomic E-state index is 0. The third kappa shape index (κ3) is 4.23. The number of oxazole rings is 1. The summed E-state index contributed by atoms with van der Waals surface area (Å²) in [5.74, 6) is -0.0754. The molecule has 4 aromatic heterocycles. The van der Waals surface area contributed by atoms with Crippen molar-refractivity contribution in [2.75, 3.05) is 5.32 Å². The minimum Gasteiger partial charge on any atom is -0.436 e. The van der Waals surface area contributed by atoms with Gasteiger partial charge in [0, 0.05) is 36.8 Å². The van der Waals surface area contributed by atoms with E-state index < -0.39 is 11.7 Å². The van der Waals surface area contributed by atoms with E-state index in [2.05, 4.69) is 30.4 Å². The van der Waals surface area contributed by atoms with Crippen LogP contribution in [0.3, 0.4) is 0 Å². The van der Waals surface area contributed by atoms with E-state index in [1.54, 1.807) is 32.4 Å². The van der Waals surface area contributed by atoms with Gasteiger partial charge in [0.05, 0.1) is 17.0 Å². The molecule has 0 radical (unpaired) electrons. The number of aromatic nitrogens is 6. The van der Waals surface area contributed by atoms with Crippen LogP contribution >= 0.6 is 12.4 Å². The molecule has 1 aromatic carbocycles. The molecule has 5 aromatic rings. The summed E-state index contributed by atoms with van der Waals surface area (Å²) in [6, 6.07) is 7.97. The Bertz CT molecular complexity index is 1530. The van der Waals surface area contributed by atoms with E-state index >= 15 is 0 Å². The normalized spacial score (nSPS) is 10.8. The molecule has 0 aliphatic carbocycles. The number of fused-ring (bicyclic) bond motifs is 1. The smallest absolute Gasteiger partial charge is 0.293 e. The van der Waals surface area contributed by atoms with Gasteiger partial charge in [-0.25, -0.2) is 18.9 Å². The average Bonchev–Trinajstić information content (AvgIpc) is 3.37. The summed E-state index contributed by atoms with van der Waals surface area (Å²) in [5.41, 5.74) is 3.49. The number of amides is 1. The number of nitrogens with zero attached hydrogens (tertiary/aromatic N) is 6. The highest BCUT2D eigenvalue weighted by molar-refractivity contribution is 6.03. The van der Waals surface area contributed by atoms with Crippen LogP contribution < -0.4 is 5.32 Å². The largest absolute Gasteiger partial charge is 0.436 e. The van der Waals surface area contributed by atoms with Crippen molar-refractivity contribution in [3.63, 3.8) is 0 Å². The van der Waals surface area contributed by atoms with Gasteiger partial charge in [0.25, 0.3) is 11.7 Å². The molecule has 9 nitrogen and oxygen atoms in total. The van der Waals surface area contributed by atoms with E-state index in [1.807, 2.05) is 19.1 Å². The summed E-state index contributed by atoms with van der Waals surface area (Å²) < 4.78 is 21.5. The third-order valence-electron chi connectivity index (χ3n) is 5.05. The Morgan fingerprint density at radius 3 is 2.68 bits per heavy atom. The highest BCUT2D eigenvalue weighted by Crippen LogP contribution is 2.26. The molecule has 0 saturated heterocycles. The fourth-order valence-corrected chi connectivity index (χ4v) is 3.51. The zero-order chi connectivity index (χ0) is 23.1. The SMILES string of the molecule is Cc1nc(C)c(C(=O)Nc2ccc(F)c(-c3nc4ncc(-c5ncccc5C)cn4n3)c2)o1.Cl. The van der Waals surface area contributed by atoms with E-state index in [0.717, 1.165) is 16.8 Å². The van der Waals surface area contributed by atoms with Gasteiger partial charge in [0.2, 0.25) is 5.76 Å². The summed E-state index contributed by atoms with van der Waals surface area (Å²) in [7, 11) is 0. The number of hydrogen-bond acceptors (Lipinski definition) is 7. The molecule has 0 aliphatic heterocycles. The molecule has 0 bridgehead atoms. The molecule has 0 atom stereocenters. The molecule has 0 fully saturated rings. The number of carbonyl (C=O) groups excluding carboxylic acids is 1. The summed E-state index contributed by atoms with van der Waals surface area (Å²) in [6.45, 7) is 5.29. The van der Waals surface area contributed by atoms with Crippen molar-refractivity contribution < 1.29 is 13.6 Å². The highest BCUT2D eigenvalue weighted by atomic mass is 35.5. The molecule has 0 spiro atoms. The van der Waals surface area contributed by atoms with Crippen LogP contribution in [0.1, 0.15) is 27.7 Å². The van der Waals surface area contributed by atoms with Crippen LogP contribution in [0.15, 0.2) is 53.3 Å². The van der Waals surface area contributed by atoms with Gasteiger partial charge in [-0.3, -0.25) is 9.78 Å². The molecule has 1 amide bonds. The van der Waals surface area contributed by atoms with Crippen LogP contribution in [0.25, 0.3) is 28.4 Å². The molecule has 4 heterocycles. The van der Waals surface area contributed by atoms with Gasteiger partial charge in [-0.05, 0) is 43.7 Å². The predicted octanol–water partition coefficient (Wildman–Crippen LogP) is 4.58. The molecule has 34 heavy (non-hydrogen) atoms. The molecular formula is C23H19ClFN7O2. The number of nitrogens with one attached hydrogen (secondary N) is 1.